The second-order valence-corrected chi connectivity index (χ2v) is 9.33. The van der Waals surface area contributed by atoms with Gasteiger partial charge >= 0.3 is 0 Å². The molecule has 4 aromatic rings. The lowest BCUT2D eigenvalue weighted by Crippen LogP contribution is -2.27. The standard InChI is InChI=1S/C27H29N3O2S/c1-18(2)15-28-26(31)23-14-25(24-17-33-27(29-24)21-8-6-5-7-9-21)30(19(23)3)16-20-10-12-22(32-4)13-11-20/h5-14,17-18H,15-16H2,1-4H3,(H,28,31). The van der Waals surface area contributed by atoms with Crippen LogP contribution in [-0.2, 0) is 6.54 Å². The van der Waals surface area contributed by atoms with Crippen molar-refractivity contribution in [2.45, 2.75) is 27.3 Å². The van der Waals surface area contributed by atoms with Gasteiger partial charge in [0.15, 0.2) is 0 Å². The van der Waals surface area contributed by atoms with E-state index in [0.29, 0.717) is 24.6 Å². The lowest BCUT2D eigenvalue weighted by atomic mass is 10.2. The maximum absolute atomic E-state index is 13.0. The summed E-state index contributed by atoms with van der Waals surface area (Å²) in [5, 5.41) is 6.09. The first-order valence-electron chi connectivity index (χ1n) is 11.1. The highest BCUT2D eigenvalue weighted by Crippen LogP contribution is 2.32. The number of hydrogen-bond donors (Lipinski definition) is 1. The fourth-order valence-corrected chi connectivity index (χ4v) is 4.52. The smallest absolute Gasteiger partial charge is 0.253 e. The van der Waals surface area contributed by atoms with Crippen molar-refractivity contribution in [3.8, 4) is 27.7 Å². The van der Waals surface area contributed by atoms with E-state index in [0.717, 1.165) is 39.0 Å². The van der Waals surface area contributed by atoms with Gasteiger partial charge in [-0.1, -0.05) is 56.3 Å². The van der Waals surface area contributed by atoms with Gasteiger partial charge < -0.3 is 14.6 Å². The first-order valence-corrected chi connectivity index (χ1v) is 12.0. The van der Waals surface area contributed by atoms with Gasteiger partial charge in [-0.25, -0.2) is 4.98 Å². The molecule has 0 bridgehead atoms. The number of thiazole rings is 1. The molecular formula is C27H29N3O2S. The minimum Gasteiger partial charge on any atom is -0.497 e. The Morgan fingerprint density at radius 3 is 2.52 bits per heavy atom. The van der Waals surface area contributed by atoms with Crippen LogP contribution in [0.3, 0.4) is 0 Å². The van der Waals surface area contributed by atoms with Gasteiger partial charge in [0.25, 0.3) is 5.91 Å². The molecular weight excluding hydrogens is 430 g/mol. The SMILES string of the molecule is COc1ccc(Cn2c(-c3csc(-c4ccccc4)n3)cc(C(=O)NCC(C)C)c2C)cc1. The molecule has 0 aliphatic rings. The largest absolute Gasteiger partial charge is 0.497 e. The van der Waals surface area contributed by atoms with Gasteiger partial charge in [-0.15, -0.1) is 11.3 Å². The summed E-state index contributed by atoms with van der Waals surface area (Å²) in [5.41, 5.74) is 5.65. The van der Waals surface area contributed by atoms with Gasteiger partial charge in [0.1, 0.15) is 10.8 Å². The third kappa shape index (κ3) is 5.17. The minimum atomic E-state index is -0.0468. The molecule has 0 saturated carbocycles. The number of amides is 1. The van der Waals surface area contributed by atoms with E-state index in [1.807, 2.05) is 43.3 Å². The molecule has 0 aliphatic heterocycles. The maximum Gasteiger partial charge on any atom is 0.253 e. The summed E-state index contributed by atoms with van der Waals surface area (Å²) < 4.78 is 7.47. The molecule has 0 atom stereocenters. The molecule has 5 nitrogen and oxygen atoms in total. The first kappa shape index (κ1) is 22.8. The number of methoxy groups -OCH3 is 1. The molecule has 0 fully saturated rings. The Bertz CT molecular complexity index is 1220. The monoisotopic (exact) mass is 459 g/mol. The summed E-state index contributed by atoms with van der Waals surface area (Å²) in [6.45, 7) is 7.47. The average molecular weight is 460 g/mol. The van der Waals surface area contributed by atoms with E-state index in [1.165, 1.54) is 0 Å². The fourth-order valence-electron chi connectivity index (χ4n) is 3.70. The molecule has 170 valence electrons. The van der Waals surface area contributed by atoms with Gasteiger partial charge in [0, 0.05) is 29.7 Å². The van der Waals surface area contributed by atoms with Gasteiger partial charge in [-0.05, 0) is 36.6 Å². The van der Waals surface area contributed by atoms with Crippen LogP contribution in [0.5, 0.6) is 5.75 Å². The number of rotatable bonds is 8. The highest BCUT2D eigenvalue weighted by molar-refractivity contribution is 7.13. The van der Waals surface area contributed by atoms with Crippen LogP contribution in [0.4, 0.5) is 0 Å². The Labute approximate surface area is 199 Å². The summed E-state index contributed by atoms with van der Waals surface area (Å²) in [4.78, 5) is 17.9. The topological polar surface area (TPSA) is 56.2 Å². The normalized spacial score (nSPS) is 11.1. The van der Waals surface area contributed by atoms with Crippen molar-refractivity contribution < 1.29 is 9.53 Å². The molecule has 6 heteroatoms. The van der Waals surface area contributed by atoms with Crippen LogP contribution in [0.15, 0.2) is 66.0 Å². The summed E-state index contributed by atoms with van der Waals surface area (Å²) in [7, 11) is 1.66. The summed E-state index contributed by atoms with van der Waals surface area (Å²) in [5.74, 6) is 1.17. The van der Waals surface area contributed by atoms with Crippen molar-refractivity contribution in [2.75, 3.05) is 13.7 Å². The van der Waals surface area contributed by atoms with Crippen LogP contribution in [-0.4, -0.2) is 29.1 Å². The molecule has 2 aromatic carbocycles. The number of carbonyl (C=O) groups excluding carboxylic acids is 1. The number of carbonyl (C=O) groups is 1. The summed E-state index contributed by atoms with van der Waals surface area (Å²) in [6.07, 6.45) is 0. The third-order valence-electron chi connectivity index (χ3n) is 5.57. The molecule has 0 unspecified atom stereocenters. The number of ether oxygens (including phenoxy) is 1. The highest BCUT2D eigenvalue weighted by Gasteiger charge is 2.20. The zero-order valence-electron chi connectivity index (χ0n) is 19.5. The Hall–Kier alpha value is -3.38. The number of nitrogens with zero attached hydrogens (tertiary/aromatic N) is 2. The van der Waals surface area contributed by atoms with Gasteiger partial charge in [0.05, 0.1) is 24.1 Å². The highest BCUT2D eigenvalue weighted by atomic mass is 32.1. The van der Waals surface area contributed by atoms with Crippen LogP contribution in [0.1, 0.15) is 35.5 Å². The van der Waals surface area contributed by atoms with E-state index >= 15 is 0 Å². The molecule has 4 rings (SSSR count). The van der Waals surface area contributed by atoms with E-state index < -0.39 is 0 Å². The zero-order valence-corrected chi connectivity index (χ0v) is 20.3. The number of nitrogens with one attached hydrogen (secondary N) is 1. The molecule has 33 heavy (non-hydrogen) atoms. The molecule has 0 radical (unpaired) electrons. The average Bonchev–Trinajstić information content (AvgIpc) is 3.44. The van der Waals surface area contributed by atoms with Crippen LogP contribution < -0.4 is 10.1 Å². The van der Waals surface area contributed by atoms with Gasteiger partial charge in [-0.3, -0.25) is 4.79 Å². The summed E-state index contributed by atoms with van der Waals surface area (Å²) in [6, 6.07) is 20.2. The minimum absolute atomic E-state index is 0.0468. The Morgan fingerprint density at radius 2 is 1.85 bits per heavy atom. The van der Waals surface area contributed by atoms with E-state index in [-0.39, 0.29) is 5.91 Å². The zero-order chi connectivity index (χ0) is 23.4. The fraction of sp³-hybridized carbons (Fsp3) is 0.259. The van der Waals surface area contributed by atoms with Crippen LogP contribution in [0.25, 0.3) is 22.0 Å². The van der Waals surface area contributed by atoms with Crippen molar-refractivity contribution in [3.63, 3.8) is 0 Å². The summed E-state index contributed by atoms with van der Waals surface area (Å²) >= 11 is 1.61. The molecule has 1 amide bonds. The lowest BCUT2D eigenvalue weighted by Gasteiger charge is -2.12. The van der Waals surface area contributed by atoms with Crippen LogP contribution >= 0.6 is 11.3 Å². The van der Waals surface area contributed by atoms with Crippen molar-refractivity contribution in [1.82, 2.24) is 14.9 Å². The molecule has 2 heterocycles. The Kier molecular flexibility index (Phi) is 6.94. The Morgan fingerprint density at radius 1 is 1.12 bits per heavy atom. The van der Waals surface area contributed by atoms with Crippen LogP contribution in [0.2, 0.25) is 0 Å². The molecule has 0 saturated heterocycles. The number of benzene rings is 2. The first-order chi connectivity index (χ1) is 16.0. The van der Waals surface area contributed by atoms with E-state index in [2.05, 4.69) is 53.4 Å². The van der Waals surface area contributed by atoms with E-state index in [1.54, 1.807) is 18.4 Å². The number of hydrogen-bond acceptors (Lipinski definition) is 4. The van der Waals surface area contributed by atoms with Crippen molar-refractivity contribution in [2.24, 2.45) is 5.92 Å². The van der Waals surface area contributed by atoms with Crippen molar-refractivity contribution in [1.29, 1.82) is 0 Å². The second kappa shape index (κ2) is 10.0. The maximum atomic E-state index is 13.0. The van der Waals surface area contributed by atoms with Crippen molar-refractivity contribution >= 4 is 17.2 Å². The van der Waals surface area contributed by atoms with Gasteiger partial charge in [-0.2, -0.15) is 0 Å². The predicted molar refractivity (Wildman–Crippen MR) is 135 cm³/mol. The molecule has 2 aromatic heterocycles. The predicted octanol–water partition coefficient (Wildman–Crippen LogP) is 6.03. The van der Waals surface area contributed by atoms with E-state index in [9.17, 15) is 4.79 Å². The second-order valence-electron chi connectivity index (χ2n) is 8.47. The lowest BCUT2D eigenvalue weighted by molar-refractivity contribution is 0.0948. The van der Waals surface area contributed by atoms with E-state index in [4.69, 9.17) is 9.72 Å². The third-order valence-corrected chi connectivity index (χ3v) is 6.46. The van der Waals surface area contributed by atoms with Gasteiger partial charge in [0.2, 0.25) is 0 Å². The molecule has 0 aliphatic carbocycles. The quantitative estimate of drug-likeness (QED) is 0.350. The molecule has 0 spiro atoms. The molecule has 1 N–H and O–H groups in total. The number of aromatic nitrogens is 2. The van der Waals surface area contributed by atoms with Crippen molar-refractivity contribution in [3.05, 3.63) is 82.9 Å². The van der Waals surface area contributed by atoms with Crippen LogP contribution in [0, 0.1) is 12.8 Å². The Balaban J connectivity index is 1.73.